The largest absolute Gasteiger partial charge is 0.345 e. The van der Waals surface area contributed by atoms with Gasteiger partial charge in [0.05, 0.1) is 13.1 Å². The van der Waals surface area contributed by atoms with Crippen LogP contribution in [-0.2, 0) is 9.59 Å². The van der Waals surface area contributed by atoms with Gasteiger partial charge < -0.3 is 15.5 Å². The first-order valence-corrected chi connectivity index (χ1v) is 9.29. The monoisotopic (exact) mass is 368 g/mol. The van der Waals surface area contributed by atoms with Gasteiger partial charge in [0.2, 0.25) is 0 Å². The fraction of sp³-hybridized carbons (Fsp3) is 0.364. The highest BCUT2D eigenvalue weighted by molar-refractivity contribution is 5.91. The highest BCUT2D eigenvalue weighted by Crippen LogP contribution is 2.16. The van der Waals surface area contributed by atoms with Crippen molar-refractivity contribution in [2.24, 2.45) is 0 Å². The van der Waals surface area contributed by atoms with Crippen LogP contribution in [0.5, 0.6) is 0 Å². The van der Waals surface area contributed by atoms with Crippen molar-refractivity contribution in [2.75, 3.05) is 25.5 Å². The lowest BCUT2D eigenvalue weighted by Gasteiger charge is -2.18. The summed E-state index contributed by atoms with van der Waals surface area (Å²) in [6.07, 6.45) is 0. The van der Waals surface area contributed by atoms with Gasteiger partial charge in [-0.05, 0) is 56.5 Å². The Bertz CT molecular complexity index is 800. The van der Waals surface area contributed by atoms with Gasteiger partial charge in [0.15, 0.2) is 13.1 Å². The number of carbonyl (C=O) groups is 2. The molecule has 5 heteroatoms. The summed E-state index contributed by atoms with van der Waals surface area (Å²) in [7, 11) is 1.84. The van der Waals surface area contributed by atoms with Crippen LogP contribution in [0.1, 0.15) is 35.2 Å². The lowest BCUT2D eigenvalue weighted by Crippen LogP contribution is -3.11. The van der Waals surface area contributed by atoms with Gasteiger partial charge in [-0.1, -0.05) is 35.9 Å². The van der Waals surface area contributed by atoms with E-state index in [9.17, 15) is 9.59 Å². The molecule has 2 aromatic carbocycles. The minimum Gasteiger partial charge on any atom is -0.345 e. The molecule has 0 fully saturated rings. The van der Waals surface area contributed by atoms with Gasteiger partial charge in [-0.3, -0.25) is 9.59 Å². The van der Waals surface area contributed by atoms with E-state index in [1.165, 1.54) is 11.1 Å². The summed E-state index contributed by atoms with van der Waals surface area (Å²) in [5.41, 5.74) is 5.45. The highest BCUT2D eigenvalue weighted by Gasteiger charge is 2.16. The fourth-order valence-corrected chi connectivity index (χ4v) is 2.86. The van der Waals surface area contributed by atoms with Crippen molar-refractivity contribution >= 4 is 17.5 Å². The van der Waals surface area contributed by atoms with E-state index in [4.69, 9.17) is 0 Å². The molecule has 0 saturated carbocycles. The molecule has 0 aliphatic carbocycles. The van der Waals surface area contributed by atoms with Crippen molar-refractivity contribution in [3.63, 3.8) is 0 Å². The SMILES string of the molecule is Cc1ccc(NC(=O)C[NH+](C)CC(=O)N[C@H](C)c2ccc(C)c(C)c2)cc1. The predicted molar refractivity (Wildman–Crippen MR) is 109 cm³/mol. The summed E-state index contributed by atoms with van der Waals surface area (Å²) in [5.74, 6) is -0.173. The molecule has 27 heavy (non-hydrogen) atoms. The van der Waals surface area contributed by atoms with Crippen LogP contribution < -0.4 is 15.5 Å². The van der Waals surface area contributed by atoms with E-state index >= 15 is 0 Å². The molecule has 0 bridgehead atoms. The van der Waals surface area contributed by atoms with Gasteiger partial charge in [0.1, 0.15) is 0 Å². The summed E-state index contributed by atoms with van der Waals surface area (Å²) >= 11 is 0. The first kappa shape index (κ1) is 20.6. The number of hydrogen-bond donors (Lipinski definition) is 3. The van der Waals surface area contributed by atoms with E-state index in [1.807, 2.05) is 51.2 Å². The maximum Gasteiger partial charge on any atom is 0.279 e. The maximum atomic E-state index is 12.3. The van der Waals surface area contributed by atoms with E-state index < -0.39 is 0 Å². The number of aryl methyl sites for hydroxylation is 3. The average molecular weight is 369 g/mol. The Morgan fingerprint density at radius 2 is 1.56 bits per heavy atom. The van der Waals surface area contributed by atoms with Crippen molar-refractivity contribution in [1.82, 2.24) is 5.32 Å². The van der Waals surface area contributed by atoms with Crippen LogP contribution >= 0.6 is 0 Å². The third-order valence-corrected chi connectivity index (χ3v) is 4.67. The van der Waals surface area contributed by atoms with Crippen LogP contribution in [-0.4, -0.2) is 32.0 Å². The van der Waals surface area contributed by atoms with Gasteiger partial charge >= 0.3 is 0 Å². The molecule has 2 atom stereocenters. The molecular weight excluding hydrogens is 338 g/mol. The van der Waals surface area contributed by atoms with E-state index in [1.54, 1.807) is 0 Å². The van der Waals surface area contributed by atoms with Crippen LogP contribution in [0.2, 0.25) is 0 Å². The van der Waals surface area contributed by atoms with E-state index in [0.29, 0.717) is 0 Å². The van der Waals surface area contributed by atoms with Crippen molar-refractivity contribution in [1.29, 1.82) is 0 Å². The van der Waals surface area contributed by atoms with Crippen molar-refractivity contribution < 1.29 is 14.5 Å². The summed E-state index contributed by atoms with van der Waals surface area (Å²) < 4.78 is 0. The molecule has 0 radical (unpaired) electrons. The number of amides is 2. The quantitative estimate of drug-likeness (QED) is 0.699. The van der Waals surface area contributed by atoms with Crippen molar-refractivity contribution in [3.8, 4) is 0 Å². The summed E-state index contributed by atoms with van der Waals surface area (Å²) in [6.45, 7) is 8.60. The normalized spacial score (nSPS) is 12.9. The smallest absolute Gasteiger partial charge is 0.279 e. The molecule has 5 nitrogen and oxygen atoms in total. The molecule has 3 N–H and O–H groups in total. The summed E-state index contributed by atoms with van der Waals surface area (Å²) in [5, 5.41) is 5.87. The number of likely N-dealkylation sites (N-methyl/N-ethyl adjacent to an activating group) is 1. The molecule has 0 aromatic heterocycles. The molecule has 0 saturated heterocycles. The third kappa shape index (κ3) is 6.53. The summed E-state index contributed by atoms with van der Waals surface area (Å²) in [6, 6.07) is 13.8. The number of nitrogens with one attached hydrogen (secondary N) is 3. The Kier molecular flexibility index (Phi) is 7.13. The molecule has 0 heterocycles. The number of benzene rings is 2. The average Bonchev–Trinajstić information content (AvgIpc) is 2.58. The fourth-order valence-electron chi connectivity index (χ4n) is 2.86. The van der Waals surface area contributed by atoms with Crippen LogP contribution in [0.4, 0.5) is 5.69 Å². The van der Waals surface area contributed by atoms with Gasteiger partial charge in [-0.2, -0.15) is 0 Å². The molecular formula is C22H30N3O2+. The molecule has 2 amide bonds. The third-order valence-electron chi connectivity index (χ3n) is 4.67. The summed E-state index contributed by atoms with van der Waals surface area (Å²) in [4.78, 5) is 25.3. The zero-order valence-electron chi connectivity index (χ0n) is 16.8. The minimum atomic E-state index is -0.105. The number of carbonyl (C=O) groups excluding carboxylic acids is 2. The molecule has 0 spiro atoms. The second kappa shape index (κ2) is 9.33. The molecule has 1 unspecified atom stereocenters. The van der Waals surface area contributed by atoms with Crippen LogP contribution in [0.15, 0.2) is 42.5 Å². The van der Waals surface area contributed by atoms with Gasteiger partial charge in [-0.25, -0.2) is 0 Å². The Labute approximate surface area is 161 Å². The Balaban J connectivity index is 1.81. The Morgan fingerprint density at radius 3 is 2.19 bits per heavy atom. The lowest BCUT2D eigenvalue weighted by atomic mass is 10.0. The lowest BCUT2D eigenvalue weighted by molar-refractivity contribution is -0.862. The molecule has 0 aliphatic heterocycles. The first-order chi connectivity index (χ1) is 12.7. The van der Waals surface area contributed by atoms with Gasteiger partial charge in [0.25, 0.3) is 11.8 Å². The van der Waals surface area contributed by atoms with Gasteiger partial charge in [0, 0.05) is 5.69 Å². The maximum absolute atomic E-state index is 12.3. The standard InChI is InChI=1S/C22H29N3O2/c1-15-6-10-20(11-7-15)24-22(27)14-25(5)13-21(26)23-18(4)19-9-8-16(2)17(3)12-19/h6-12,18H,13-14H2,1-5H3,(H,23,26)(H,24,27)/p+1/t18-/m1/s1. The van der Waals surface area contributed by atoms with Crippen molar-refractivity contribution in [2.45, 2.75) is 33.7 Å². The second-order valence-corrected chi connectivity index (χ2v) is 7.36. The topological polar surface area (TPSA) is 62.6 Å². The number of hydrogen-bond acceptors (Lipinski definition) is 2. The molecule has 0 aliphatic rings. The Morgan fingerprint density at radius 1 is 0.926 bits per heavy atom. The van der Waals surface area contributed by atoms with Gasteiger partial charge in [-0.15, -0.1) is 0 Å². The van der Waals surface area contributed by atoms with Crippen LogP contribution in [0.25, 0.3) is 0 Å². The van der Waals surface area contributed by atoms with E-state index in [2.05, 4.69) is 36.6 Å². The van der Waals surface area contributed by atoms with E-state index in [0.717, 1.165) is 21.7 Å². The van der Waals surface area contributed by atoms with Crippen LogP contribution in [0.3, 0.4) is 0 Å². The number of rotatable bonds is 7. The highest BCUT2D eigenvalue weighted by atomic mass is 16.2. The molecule has 2 rings (SSSR count). The molecule has 2 aromatic rings. The van der Waals surface area contributed by atoms with Crippen molar-refractivity contribution in [3.05, 3.63) is 64.7 Å². The predicted octanol–water partition coefficient (Wildman–Crippen LogP) is 1.94. The number of anilines is 1. The number of quaternary nitrogens is 1. The minimum absolute atomic E-state index is 0.0639. The Hall–Kier alpha value is -2.66. The second-order valence-electron chi connectivity index (χ2n) is 7.36. The molecule has 144 valence electrons. The zero-order valence-corrected chi connectivity index (χ0v) is 16.8. The first-order valence-electron chi connectivity index (χ1n) is 9.29. The van der Waals surface area contributed by atoms with E-state index in [-0.39, 0.29) is 30.9 Å². The van der Waals surface area contributed by atoms with Crippen LogP contribution in [0, 0.1) is 20.8 Å². The zero-order chi connectivity index (χ0) is 20.0.